The highest BCUT2D eigenvalue weighted by molar-refractivity contribution is 5.88. The Labute approximate surface area is 127 Å². The summed E-state index contributed by atoms with van der Waals surface area (Å²) in [6.07, 6.45) is 2.87. The number of carbonyl (C=O) groups is 1. The van der Waals surface area contributed by atoms with Gasteiger partial charge in [-0.25, -0.2) is 9.48 Å². The van der Waals surface area contributed by atoms with Crippen LogP contribution in [0.3, 0.4) is 0 Å². The molecule has 0 fully saturated rings. The Morgan fingerprint density at radius 1 is 1.18 bits per heavy atom. The lowest BCUT2D eigenvalue weighted by Crippen LogP contribution is -2.00. The lowest BCUT2D eigenvalue weighted by Gasteiger charge is -2.04. The molecule has 1 heterocycles. The number of aromatic nitrogens is 2. The fourth-order valence-corrected chi connectivity index (χ4v) is 2.95. The summed E-state index contributed by atoms with van der Waals surface area (Å²) < 4.78 is 1.77. The number of benzene rings is 2. The predicted molar refractivity (Wildman–Crippen MR) is 83.5 cm³/mol. The van der Waals surface area contributed by atoms with E-state index >= 15 is 0 Å². The fraction of sp³-hybridized carbons (Fsp3) is 0.111. The Morgan fingerprint density at radius 2 is 2.05 bits per heavy atom. The average Bonchev–Trinajstić information content (AvgIpc) is 3.05. The summed E-state index contributed by atoms with van der Waals surface area (Å²) in [4.78, 5) is 11.1. The van der Waals surface area contributed by atoms with E-state index in [1.54, 1.807) is 22.9 Å². The van der Waals surface area contributed by atoms with Crippen LogP contribution in [-0.4, -0.2) is 20.9 Å². The first-order chi connectivity index (χ1) is 10.6. The largest absolute Gasteiger partial charge is 0.478 e. The van der Waals surface area contributed by atoms with Gasteiger partial charge >= 0.3 is 5.97 Å². The van der Waals surface area contributed by atoms with Gasteiger partial charge in [-0.15, -0.1) is 0 Å². The van der Waals surface area contributed by atoms with E-state index in [1.165, 1.54) is 22.3 Å². The van der Waals surface area contributed by atoms with Crippen LogP contribution in [0, 0.1) is 6.92 Å². The van der Waals surface area contributed by atoms with E-state index < -0.39 is 5.97 Å². The van der Waals surface area contributed by atoms with Crippen LogP contribution in [0.5, 0.6) is 0 Å². The Kier molecular flexibility index (Phi) is 2.66. The number of carboxylic acid groups (broad SMARTS) is 1. The van der Waals surface area contributed by atoms with E-state index in [1.807, 2.05) is 12.3 Å². The molecule has 0 bridgehead atoms. The van der Waals surface area contributed by atoms with Gasteiger partial charge in [-0.1, -0.05) is 23.8 Å². The number of hydrogen-bond acceptors (Lipinski definition) is 2. The molecule has 4 heteroatoms. The highest BCUT2D eigenvalue weighted by Crippen LogP contribution is 2.36. The van der Waals surface area contributed by atoms with E-state index in [0.717, 1.165) is 17.8 Å². The molecule has 3 aromatic rings. The minimum absolute atomic E-state index is 0.268. The second kappa shape index (κ2) is 4.56. The molecule has 0 saturated carbocycles. The van der Waals surface area contributed by atoms with Crippen molar-refractivity contribution in [3.8, 4) is 16.9 Å². The van der Waals surface area contributed by atoms with Crippen molar-refractivity contribution >= 4 is 5.97 Å². The first-order valence-electron chi connectivity index (χ1n) is 7.14. The molecule has 1 N–H and O–H groups in total. The molecule has 1 aliphatic carbocycles. The molecule has 4 nitrogen and oxygen atoms in total. The molecule has 0 radical (unpaired) electrons. The number of nitrogens with zero attached hydrogens (tertiary/aromatic N) is 2. The number of fused-ring (bicyclic) bond motifs is 3. The van der Waals surface area contributed by atoms with Crippen LogP contribution < -0.4 is 0 Å². The van der Waals surface area contributed by atoms with Crippen LogP contribution in [0.4, 0.5) is 0 Å². The number of rotatable bonds is 2. The van der Waals surface area contributed by atoms with E-state index in [2.05, 4.69) is 30.2 Å². The molecule has 108 valence electrons. The lowest BCUT2D eigenvalue weighted by atomic mass is 10.1. The molecule has 0 amide bonds. The minimum Gasteiger partial charge on any atom is -0.478 e. The first-order valence-corrected chi connectivity index (χ1v) is 7.14. The molecule has 0 spiro atoms. The zero-order chi connectivity index (χ0) is 15.3. The molecule has 0 saturated heterocycles. The molecule has 0 atom stereocenters. The van der Waals surface area contributed by atoms with Crippen molar-refractivity contribution in [3.05, 3.63) is 70.9 Å². The van der Waals surface area contributed by atoms with Crippen LogP contribution in [0.15, 0.2) is 48.7 Å². The smallest absolute Gasteiger partial charge is 0.335 e. The average molecular weight is 290 g/mol. The Hall–Kier alpha value is -2.88. The summed E-state index contributed by atoms with van der Waals surface area (Å²) in [6, 6.07) is 13.3. The van der Waals surface area contributed by atoms with Crippen molar-refractivity contribution in [3.63, 3.8) is 0 Å². The molecular weight excluding hydrogens is 276 g/mol. The monoisotopic (exact) mass is 290 g/mol. The minimum atomic E-state index is -0.928. The van der Waals surface area contributed by atoms with Crippen molar-refractivity contribution in [2.75, 3.05) is 0 Å². The third-order valence-electron chi connectivity index (χ3n) is 4.05. The third kappa shape index (κ3) is 1.92. The summed E-state index contributed by atoms with van der Waals surface area (Å²) in [7, 11) is 0. The quantitative estimate of drug-likeness (QED) is 0.615. The van der Waals surface area contributed by atoms with Crippen LogP contribution in [-0.2, 0) is 6.42 Å². The summed E-state index contributed by atoms with van der Waals surface area (Å²) in [5.74, 6) is -0.928. The zero-order valence-corrected chi connectivity index (χ0v) is 12.1. The standard InChI is InChI=1S/C18H14N2O2/c1-11-5-6-12-8-14-10-20(19-17(14)16(12)7-11)15-4-2-3-13(9-15)18(21)22/h2-7,9-10H,8H2,1H3,(H,21,22). The highest BCUT2D eigenvalue weighted by atomic mass is 16.4. The van der Waals surface area contributed by atoms with E-state index in [-0.39, 0.29) is 5.56 Å². The van der Waals surface area contributed by atoms with Gasteiger partial charge in [0.1, 0.15) is 0 Å². The Bertz CT molecular complexity index is 909. The Morgan fingerprint density at radius 3 is 2.86 bits per heavy atom. The van der Waals surface area contributed by atoms with Crippen molar-refractivity contribution in [2.45, 2.75) is 13.3 Å². The maximum atomic E-state index is 11.1. The highest BCUT2D eigenvalue weighted by Gasteiger charge is 2.22. The summed E-state index contributed by atoms with van der Waals surface area (Å²) in [5, 5.41) is 13.8. The van der Waals surface area contributed by atoms with Crippen molar-refractivity contribution in [2.24, 2.45) is 0 Å². The predicted octanol–water partition coefficient (Wildman–Crippen LogP) is 3.45. The second-order valence-electron chi connectivity index (χ2n) is 5.64. The zero-order valence-electron chi connectivity index (χ0n) is 12.1. The number of hydrogen-bond donors (Lipinski definition) is 1. The fourth-order valence-electron chi connectivity index (χ4n) is 2.95. The SMILES string of the molecule is Cc1ccc2c(c1)-c1nn(-c3cccc(C(=O)O)c3)cc1C2. The number of aromatic carboxylic acids is 1. The van der Waals surface area contributed by atoms with Gasteiger partial charge in [0.05, 0.1) is 16.9 Å². The number of carboxylic acids is 1. The van der Waals surface area contributed by atoms with Crippen LogP contribution in [0.1, 0.15) is 27.0 Å². The lowest BCUT2D eigenvalue weighted by molar-refractivity contribution is 0.0697. The molecule has 22 heavy (non-hydrogen) atoms. The number of aryl methyl sites for hydroxylation is 1. The van der Waals surface area contributed by atoms with Gasteiger partial charge in [0.15, 0.2) is 0 Å². The van der Waals surface area contributed by atoms with E-state index in [9.17, 15) is 4.79 Å². The van der Waals surface area contributed by atoms with Crippen LogP contribution in [0.25, 0.3) is 16.9 Å². The molecule has 1 aromatic heterocycles. The second-order valence-corrected chi connectivity index (χ2v) is 5.64. The maximum absolute atomic E-state index is 11.1. The van der Waals surface area contributed by atoms with E-state index in [4.69, 9.17) is 5.11 Å². The van der Waals surface area contributed by atoms with Crippen molar-refractivity contribution in [1.82, 2.24) is 9.78 Å². The van der Waals surface area contributed by atoms with Crippen LogP contribution >= 0.6 is 0 Å². The molecule has 2 aromatic carbocycles. The summed E-state index contributed by atoms with van der Waals surface area (Å²) in [6.45, 7) is 2.08. The van der Waals surface area contributed by atoms with E-state index in [0.29, 0.717) is 0 Å². The van der Waals surface area contributed by atoms with Crippen molar-refractivity contribution in [1.29, 1.82) is 0 Å². The molecule has 4 rings (SSSR count). The molecular formula is C18H14N2O2. The van der Waals surface area contributed by atoms with Gasteiger partial charge < -0.3 is 5.11 Å². The maximum Gasteiger partial charge on any atom is 0.335 e. The van der Waals surface area contributed by atoms with Crippen molar-refractivity contribution < 1.29 is 9.90 Å². The molecule has 0 aliphatic heterocycles. The van der Waals surface area contributed by atoms with Gasteiger partial charge in [-0.2, -0.15) is 5.10 Å². The van der Waals surface area contributed by atoms with Gasteiger partial charge in [-0.05, 0) is 36.8 Å². The van der Waals surface area contributed by atoms with Gasteiger partial charge in [-0.3, -0.25) is 0 Å². The van der Waals surface area contributed by atoms with Gasteiger partial charge in [0.25, 0.3) is 0 Å². The normalized spacial score (nSPS) is 12.0. The van der Waals surface area contributed by atoms with Crippen LogP contribution in [0.2, 0.25) is 0 Å². The first kappa shape index (κ1) is 12.8. The van der Waals surface area contributed by atoms with Gasteiger partial charge in [0.2, 0.25) is 0 Å². The summed E-state index contributed by atoms with van der Waals surface area (Å²) in [5.41, 5.74) is 6.92. The molecule has 0 unspecified atom stereocenters. The summed E-state index contributed by atoms with van der Waals surface area (Å²) >= 11 is 0. The third-order valence-corrected chi connectivity index (χ3v) is 4.05. The van der Waals surface area contributed by atoms with Gasteiger partial charge in [0, 0.05) is 23.7 Å². The Balaban J connectivity index is 1.80. The molecule has 1 aliphatic rings. The topological polar surface area (TPSA) is 55.1 Å².